The van der Waals surface area contributed by atoms with Gasteiger partial charge in [0.15, 0.2) is 5.76 Å². The van der Waals surface area contributed by atoms with Crippen LogP contribution in [0.15, 0.2) is 65.7 Å². The van der Waals surface area contributed by atoms with Crippen LogP contribution >= 0.6 is 0 Å². The number of amides is 2. The summed E-state index contributed by atoms with van der Waals surface area (Å²) >= 11 is 0. The molecule has 0 aromatic carbocycles. The van der Waals surface area contributed by atoms with Crippen LogP contribution in [0.1, 0.15) is 26.6 Å². The predicted molar refractivity (Wildman–Crippen MR) is 93.4 cm³/mol. The Morgan fingerprint density at radius 1 is 1.27 bits per heavy atom. The van der Waals surface area contributed by atoms with E-state index in [9.17, 15) is 9.59 Å². The van der Waals surface area contributed by atoms with Crippen molar-refractivity contribution in [3.63, 3.8) is 0 Å². The lowest BCUT2D eigenvalue weighted by Gasteiger charge is -2.36. The quantitative estimate of drug-likeness (QED) is 0.762. The topological polar surface area (TPSA) is 80.4 Å². The molecule has 0 saturated heterocycles. The van der Waals surface area contributed by atoms with E-state index in [1.807, 2.05) is 35.0 Å². The Morgan fingerprint density at radius 3 is 2.96 bits per heavy atom. The Labute approximate surface area is 150 Å². The second kappa shape index (κ2) is 6.87. The second-order valence-corrected chi connectivity index (χ2v) is 6.18. The highest BCUT2D eigenvalue weighted by molar-refractivity contribution is 5.94. The number of carbonyl (C=O) groups excluding carboxylic acids is 2. The van der Waals surface area contributed by atoms with E-state index in [4.69, 9.17) is 4.42 Å². The van der Waals surface area contributed by atoms with E-state index >= 15 is 0 Å². The second-order valence-electron chi connectivity index (χ2n) is 6.18. The maximum Gasteiger partial charge on any atom is 0.287 e. The first-order valence-corrected chi connectivity index (χ1v) is 8.39. The molecule has 0 spiro atoms. The molecule has 26 heavy (non-hydrogen) atoms. The maximum absolute atomic E-state index is 12.9. The van der Waals surface area contributed by atoms with Gasteiger partial charge in [0.05, 0.1) is 12.3 Å². The summed E-state index contributed by atoms with van der Waals surface area (Å²) in [5, 5.41) is 2.86. The molecule has 0 bridgehead atoms. The molecule has 0 saturated carbocycles. The highest BCUT2D eigenvalue weighted by Gasteiger charge is 2.32. The first-order valence-electron chi connectivity index (χ1n) is 8.39. The van der Waals surface area contributed by atoms with Crippen molar-refractivity contribution in [2.45, 2.75) is 19.1 Å². The Morgan fingerprint density at radius 2 is 2.19 bits per heavy atom. The molecule has 3 aromatic heterocycles. The molecule has 2 amide bonds. The number of carbonyl (C=O) groups is 2. The molecule has 7 heteroatoms. The lowest BCUT2D eigenvalue weighted by Crippen LogP contribution is -2.52. The molecule has 4 rings (SSSR count). The van der Waals surface area contributed by atoms with Crippen LogP contribution in [-0.2, 0) is 13.1 Å². The smallest absolute Gasteiger partial charge is 0.287 e. The highest BCUT2D eigenvalue weighted by Crippen LogP contribution is 2.20. The number of nitrogens with zero attached hydrogens (tertiary/aromatic N) is 3. The van der Waals surface area contributed by atoms with Crippen molar-refractivity contribution >= 4 is 11.8 Å². The lowest BCUT2D eigenvalue weighted by molar-refractivity contribution is 0.0561. The van der Waals surface area contributed by atoms with Crippen molar-refractivity contribution in [1.29, 1.82) is 0 Å². The van der Waals surface area contributed by atoms with Gasteiger partial charge in [-0.05, 0) is 35.9 Å². The molecule has 132 valence electrons. The minimum Gasteiger partial charge on any atom is -0.459 e. The Bertz CT molecular complexity index is 902. The van der Waals surface area contributed by atoms with Crippen LogP contribution in [0.2, 0.25) is 0 Å². The highest BCUT2D eigenvalue weighted by atomic mass is 16.3. The third kappa shape index (κ3) is 3.11. The van der Waals surface area contributed by atoms with Gasteiger partial charge in [-0.3, -0.25) is 14.6 Å². The summed E-state index contributed by atoms with van der Waals surface area (Å²) in [6, 6.07) is 10.6. The van der Waals surface area contributed by atoms with E-state index in [1.54, 1.807) is 29.4 Å². The zero-order chi connectivity index (χ0) is 17.9. The number of hydrogen-bond donors (Lipinski definition) is 1. The molecule has 1 atom stereocenters. The minimum absolute atomic E-state index is 0.0534. The number of aromatic nitrogens is 2. The van der Waals surface area contributed by atoms with Gasteiger partial charge in [-0.2, -0.15) is 0 Å². The molecular formula is C19H18N4O3. The third-order valence-electron chi connectivity index (χ3n) is 4.48. The molecule has 3 aromatic rings. The Hall–Kier alpha value is -3.35. The van der Waals surface area contributed by atoms with Crippen LogP contribution in [0.5, 0.6) is 0 Å². The fourth-order valence-corrected chi connectivity index (χ4v) is 3.18. The van der Waals surface area contributed by atoms with E-state index in [0.717, 1.165) is 5.56 Å². The zero-order valence-electron chi connectivity index (χ0n) is 14.0. The average Bonchev–Trinajstić information content (AvgIpc) is 3.35. The average molecular weight is 350 g/mol. The lowest BCUT2D eigenvalue weighted by atomic mass is 10.1. The Kier molecular flexibility index (Phi) is 4.27. The molecule has 1 aliphatic heterocycles. The van der Waals surface area contributed by atoms with Gasteiger partial charge in [-0.25, -0.2) is 0 Å². The van der Waals surface area contributed by atoms with Gasteiger partial charge in [-0.15, -0.1) is 0 Å². The van der Waals surface area contributed by atoms with Gasteiger partial charge in [0.25, 0.3) is 11.8 Å². The summed E-state index contributed by atoms with van der Waals surface area (Å²) < 4.78 is 7.04. The van der Waals surface area contributed by atoms with Gasteiger partial charge >= 0.3 is 0 Å². The summed E-state index contributed by atoms with van der Waals surface area (Å²) in [5.41, 5.74) is 1.60. The van der Waals surface area contributed by atoms with E-state index in [-0.39, 0.29) is 23.6 Å². The molecule has 4 heterocycles. The van der Waals surface area contributed by atoms with Crippen molar-refractivity contribution in [3.05, 3.63) is 78.3 Å². The van der Waals surface area contributed by atoms with Crippen LogP contribution in [0.3, 0.4) is 0 Å². The van der Waals surface area contributed by atoms with Crippen LogP contribution in [0.4, 0.5) is 0 Å². The van der Waals surface area contributed by atoms with E-state index in [2.05, 4.69) is 10.3 Å². The summed E-state index contributed by atoms with van der Waals surface area (Å²) in [7, 11) is 0. The summed E-state index contributed by atoms with van der Waals surface area (Å²) in [6.45, 7) is 1.40. The molecule has 0 aliphatic carbocycles. The van der Waals surface area contributed by atoms with E-state index in [1.165, 1.54) is 6.26 Å². The van der Waals surface area contributed by atoms with Gasteiger partial charge in [0.2, 0.25) is 0 Å². The van der Waals surface area contributed by atoms with Crippen molar-refractivity contribution in [2.75, 3.05) is 6.54 Å². The van der Waals surface area contributed by atoms with Crippen molar-refractivity contribution in [3.8, 4) is 0 Å². The molecule has 7 nitrogen and oxygen atoms in total. The van der Waals surface area contributed by atoms with Crippen molar-refractivity contribution in [1.82, 2.24) is 19.8 Å². The number of hydrogen-bond acceptors (Lipinski definition) is 4. The first-order chi connectivity index (χ1) is 12.7. The van der Waals surface area contributed by atoms with Crippen molar-refractivity contribution in [2.24, 2.45) is 0 Å². The molecule has 0 fully saturated rings. The van der Waals surface area contributed by atoms with Gasteiger partial charge in [0.1, 0.15) is 5.69 Å². The summed E-state index contributed by atoms with van der Waals surface area (Å²) in [5.74, 6) is -0.0861. The van der Waals surface area contributed by atoms with Gasteiger partial charge in [-0.1, -0.05) is 6.07 Å². The van der Waals surface area contributed by atoms with Gasteiger partial charge < -0.3 is 19.2 Å². The molecule has 0 unspecified atom stereocenters. The minimum atomic E-state index is -0.290. The van der Waals surface area contributed by atoms with Crippen LogP contribution < -0.4 is 5.32 Å². The largest absolute Gasteiger partial charge is 0.459 e. The Balaban J connectivity index is 1.53. The van der Waals surface area contributed by atoms with Crippen LogP contribution in [0.25, 0.3) is 0 Å². The number of nitrogens with one attached hydrogen (secondary N) is 1. The number of fused-ring (bicyclic) bond motifs is 1. The zero-order valence-corrected chi connectivity index (χ0v) is 14.0. The van der Waals surface area contributed by atoms with E-state index < -0.39 is 0 Å². The molecule has 1 N–H and O–H groups in total. The van der Waals surface area contributed by atoms with E-state index in [0.29, 0.717) is 25.3 Å². The van der Waals surface area contributed by atoms with Crippen molar-refractivity contribution < 1.29 is 14.0 Å². The fraction of sp³-hybridized carbons (Fsp3) is 0.211. The van der Waals surface area contributed by atoms with Gasteiger partial charge in [0, 0.05) is 38.2 Å². The third-order valence-corrected chi connectivity index (χ3v) is 4.48. The number of pyridine rings is 1. The normalized spacial score (nSPS) is 16.4. The summed E-state index contributed by atoms with van der Waals surface area (Å²) in [4.78, 5) is 31.0. The fourth-order valence-electron chi connectivity index (χ4n) is 3.18. The number of rotatable bonds is 5. The standard InChI is InChI=1S/C19H18N4O3/c24-18(17-6-3-9-26-17)21-11-15-13-22-8-2-5-16(22)19(25)23(15)12-14-4-1-7-20-10-14/h1-10,15H,11-13H2,(H,21,24)/t15-/m0/s1. The van der Waals surface area contributed by atoms with Crippen LogP contribution in [-0.4, -0.2) is 38.9 Å². The predicted octanol–water partition coefficient (Wildman–Crippen LogP) is 1.93. The SMILES string of the molecule is O=C(NC[C@H]1Cn2cccc2C(=O)N1Cc1cccnc1)c1ccco1. The number of furan rings is 1. The molecule has 1 aliphatic rings. The summed E-state index contributed by atoms with van der Waals surface area (Å²) in [6.07, 6.45) is 6.79. The first kappa shape index (κ1) is 16.1. The van der Waals surface area contributed by atoms with Crippen LogP contribution in [0, 0.1) is 0 Å². The monoisotopic (exact) mass is 350 g/mol. The maximum atomic E-state index is 12.9. The molecule has 0 radical (unpaired) electrons. The molecular weight excluding hydrogens is 332 g/mol.